The van der Waals surface area contributed by atoms with Crippen molar-refractivity contribution >= 4 is 11.0 Å². The number of likely N-dealkylation sites (tertiary alicyclic amines) is 1. The van der Waals surface area contributed by atoms with Crippen molar-refractivity contribution in [2.24, 2.45) is 7.05 Å². The number of nitrogens with one attached hydrogen (secondary N) is 1. The van der Waals surface area contributed by atoms with Gasteiger partial charge in [-0.1, -0.05) is 5.16 Å². The number of fused-ring (bicyclic) bond motifs is 1. The molecule has 8 nitrogen and oxygen atoms in total. The first-order valence-electron chi connectivity index (χ1n) is 7.70. The Morgan fingerprint density at radius 3 is 3.13 bits per heavy atom. The molecule has 0 radical (unpaired) electrons. The van der Waals surface area contributed by atoms with E-state index in [9.17, 15) is 4.79 Å². The molecule has 1 aliphatic rings. The van der Waals surface area contributed by atoms with Crippen LogP contribution >= 0.6 is 0 Å². The lowest BCUT2D eigenvalue weighted by molar-refractivity contribution is 0.202. The summed E-state index contributed by atoms with van der Waals surface area (Å²) in [7, 11) is 1.79. The third kappa shape index (κ3) is 2.44. The van der Waals surface area contributed by atoms with Crippen LogP contribution in [-0.4, -0.2) is 36.3 Å². The van der Waals surface area contributed by atoms with Gasteiger partial charge in [0.1, 0.15) is 11.2 Å². The molecule has 4 heterocycles. The van der Waals surface area contributed by atoms with E-state index in [0.29, 0.717) is 23.4 Å². The molecule has 0 spiro atoms. The summed E-state index contributed by atoms with van der Waals surface area (Å²) in [5.74, 6) is 1.53. The first-order valence-corrected chi connectivity index (χ1v) is 7.70. The van der Waals surface area contributed by atoms with E-state index >= 15 is 0 Å². The van der Waals surface area contributed by atoms with Gasteiger partial charge in [-0.3, -0.25) is 14.4 Å². The summed E-state index contributed by atoms with van der Waals surface area (Å²) in [5, 5.41) is 8.58. The predicted molar refractivity (Wildman–Crippen MR) is 82.8 cm³/mol. The summed E-state index contributed by atoms with van der Waals surface area (Å²) in [6.07, 6.45) is 3.65. The Morgan fingerprint density at radius 2 is 2.35 bits per heavy atom. The van der Waals surface area contributed by atoms with E-state index in [1.807, 2.05) is 13.0 Å². The van der Waals surface area contributed by atoms with Crippen molar-refractivity contribution in [3.05, 3.63) is 39.9 Å². The highest BCUT2D eigenvalue weighted by Gasteiger charge is 2.29. The van der Waals surface area contributed by atoms with Crippen molar-refractivity contribution in [2.45, 2.75) is 32.4 Å². The molecule has 1 atom stereocenters. The lowest BCUT2D eigenvalue weighted by Crippen LogP contribution is -2.25. The van der Waals surface area contributed by atoms with Crippen LogP contribution in [0, 0.1) is 6.92 Å². The molecular weight excluding hydrogens is 296 g/mol. The van der Waals surface area contributed by atoms with Crippen molar-refractivity contribution in [2.75, 3.05) is 6.54 Å². The van der Waals surface area contributed by atoms with Crippen LogP contribution in [0.1, 0.15) is 36.2 Å². The lowest BCUT2D eigenvalue weighted by atomic mass is 10.1. The normalized spacial score (nSPS) is 19.0. The molecule has 1 fully saturated rings. The van der Waals surface area contributed by atoms with E-state index in [4.69, 9.17) is 4.52 Å². The standard InChI is InChI=1S/C15H18N6O2/c1-9-6-12(23-19-9)11-4-3-5-21(11)8-13-17-14-10(15(22)18-13)7-16-20(14)2/h6-7,11H,3-5,8H2,1-2H3,(H,17,18,22)/t11-/m1/s1. The minimum Gasteiger partial charge on any atom is -0.359 e. The Bertz CT molecular complexity index is 908. The van der Waals surface area contributed by atoms with Crippen molar-refractivity contribution in [3.63, 3.8) is 0 Å². The number of aromatic amines is 1. The Labute approximate surface area is 132 Å². The molecule has 0 aliphatic carbocycles. The van der Waals surface area contributed by atoms with Crippen LogP contribution in [0.25, 0.3) is 11.0 Å². The van der Waals surface area contributed by atoms with E-state index in [-0.39, 0.29) is 11.6 Å². The lowest BCUT2D eigenvalue weighted by Gasteiger charge is -2.21. The van der Waals surface area contributed by atoms with Crippen molar-refractivity contribution in [3.8, 4) is 0 Å². The van der Waals surface area contributed by atoms with Crippen LogP contribution in [0.5, 0.6) is 0 Å². The first-order chi connectivity index (χ1) is 11.1. The van der Waals surface area contributed by atoms with Gasteiger partial charge in [0.05, 0.1) is 24.5 Å². The molecule has 120 valence electrons. The number of aromatic nitrogens is 5. The highest BCUT2D eigenvalue weighted by Crippen LogP contribution is 2.32. The molecular formula is C15H18N6O2. The van der Waals surface area contributed by atoms with Gasteiger partial charge in [-0.25, -0.2) is 4.98 Å². The fourth-order valence-corrected chi connectivity index (χ4v) is 3.22. The van der Waals surface area contributed by atoms with Crippen LogP contribution in [0.3, 0.4) is 0 Å². The summed E-state index contributed by atoms with van der Waals surface area (Å²) < 4.78 is 7.04. The number of aryl methyl sites for hydroxylation is 2. The average Bonchev–Trinajstić information content (AvgIpc) is 3.21. The molecule has 1 N–H and O–H groups in total. The smallest absolute Gasteiger partial charge is 0.262 e. The third-order valence-electron chi connectivity index (χ3n) is 4.34. The molecule has 3 aromatic heterocycles. The molecule has 1 aliphatic heterocycles. The van der Waals surface area contributed by atoms with Crippen LogP contribution in [-0.2, 0) is 13.6 Å². The Morgan fingerprint density at radius 1 is 1.48 bits per heavy atom. The van der Waals surface area contributed by atoms with E-state index in [2.05, 4.69) is 25.1 Å². The van der Waals surface area contributed by atoms with Crippen LogP contribution in [0.15, 0.2) is 21.6 Å². The maximum Gasteiger partial charge on any atom is 0.262 e. The van der Waals surface area contributed by atoms with Gasteiger partial charge in [0.2, 0.25) is 0 Å². The van der Waals surface area contributed by atoms with Gasteiger partial charge in [0.15, 0.2) is 11.4 Å². The highest BCUT2D eigenvalue weighted by molar-refractivity contribution is 5.72. The largest absolute Gasteiger partial charge is 0.359 e. The topological polar surface area (TPSA) is 92.8 Å². The van der Waals surface area contributed by atoms with E-state index in [1.165, 1.54) is 0 Å². The molecule has 8 heteroatoms. The first kappa shape index (κ1) is 14.1. The van der Waals surface area contributed by atoms with Crippen LogP contribution in [0.2, 0.25) is 0 Å². The zero-order valence-electron chi connectivity index (χ0n) is 13.1. The van der Waals surface area contributed by atoms with Crippen molar-refractivity contribution in [1.82, 2.24) is 29.8 Å². The molecule has 1 saturated heterocycles. The highest BCUT2D eigenvalue weighted by atomic mass is 16.5. The van der Waals surface area contributed by atoms with E-state index in [1.54, 1.807) is 17.9 Å². The second-order valence-corrected chi connectivity index (χ2v) is 6.02. The molecule has 3 aromatic rings. The Kier molecular flexibility index (Phi) is 3.26. The number of rotatable bonds is 3. The zero-order valence-corrected chi connectivity index (χ0v) is 13.1. The fraction of sp³-hybridized carbons (Fsp3) is 0.467. The van der Waals surface area contributed by atoms with E-state index < -0.39 is 0 Å². The number of hydrogen-bond acceptors (Lipinski definition) is 6. The Balaban J connectivity index is 1.64. The van der Waals surface area contributed by atoms with Gasteiger partial charge in [-0.05, 0) is 26.3 Å². The third-order valence-corrected chi connectivity index (χ3v) is 4.34. The van der Waals surface area contributed by atoms with Gasteiger partial charge < -0.3 is 9.51 Å². The van der Waals surface area contributed by atoms with Gasteiger partial charge >= 0.3 is 0 Å². The summed E-state index contributed by atoms with van der Waals surface area (Å²) in [5.41, 5.74) is 1.34. The molecule has 23 heavy (non-hydrogen) atoms. The average molecular weight is 314 g/mol. The van der Waals surface area contributed by atoms with Crippen LogP contribution in [0.4, 0.5) is 0 Å². The van der Waals surface area contributed by atoms with Crippen molar-refractivity contribution < 1.29 is 4.52 Å². The number of nitrogens with zero attached hydrogens (tertiary/aromatic N) is 5. The maximum absolute atomic E-state index is 12.1. The molecule has 0 aromatic carbocycles. The van der Waals surface area contributed by atoms with Gasteiger partial charge in [0, 0.05) is 13.1 Å². The Hall–Kier alpha value is -2.48. The summed E-state index contributed by atoms with van der Waals surface area (Å²) in [6, 6.07) is 2.16. The predicted octanol–water partition coefficient (Wildman–Crippen LogP) is 1.29. The minimum absolute atomic E-state index is 0.149. The van der Waals surface area contributed by atoms with Crippen LogP contribution < -0.4 is 5.56 Å². The molecule has 0 unspecified atom stereocenters. The molecule has 0 saturated carbocycles. The second kappa shape index (κ2) is 5.31. The van der Waals surface area contributed by atoms with Gasteiger partial charge in [-0.15, -0.1) is 0 Å². The second-order valence-electron chi connectivity index (χ2n) is 6.02. The zero-order chi connectivity index (χ0) is 16.0. The number of hydrogen-bond donors (Lipinski definition) is 1. The molecule has 0 amide bonds. The van der Waals surface area contributed by atoms with E-state index in [0.717, 1.165) is 30.8 Å². The summed E-state index contributed by atoms with van der Waals surface area (Å²) >= 11 is 0. The molecule has 4 rings (SSSR count). The quantitative estimate of drug-likeness (QED) is 0.783. The molecule has 0 bridgehead atoms. The summed E-state index contributed by atoms with van der Waals surface area (Å²) in [4.78, 5) is 21.8. The summed E-state index contributed by atoms with van der Waals surface area (Å²) in [6.45, 7) is 3.43. The minimum atomic E-state index is -0.149. The SMILES string of the molecule is Cc1cc([C@H]2CCCN2Cc2nc3c(cnn3C)c(=O)[nH]2)on1. The van der Waals surface area contributed by atoms with Gasteiger partial charge in [0.25, 0.3) is 5.56 Å². The van der Waals surface area contributed by atoms with Crippen molar-refractivity contribution in [1.29, 1.82) is 0 Å². The number of H-pyrrole nitrogens is 1. The monoisotopic (exact) mass is 314 g/mol. The maximum atomic E-state index is 12.1. The fourth-order valence-electron chi connectivity index (χ4n) is 3.22. The van der Waals surface area contributed by atoms with Gasteiger partial charge in [-0.2, -0.15) is 5.10 Å².